The van der Waals surface area contributed by atoms with E-state index in [-0.39, 0.29) is 37.2 Å². The SMILES string of the molecule is [2H]C(C)[C@@]12CO[C@@H]([CH-]O1)[C@@H]2O.[U]. The van der Waals surface area contributed by atoms with E-state index in [0.29, 0.717) is 6.61 Å². The van der Waals surface area contributed by atoms with Gasteiger partial charge in [0.15, 0.2) is 0 Å². The third-order valence-corrected chi connectivity index (χ3v) is 2.22. The van der Waals surface area contributed by atoms with Crippen molar-refractivity contribution in [3.05, 3.63) is 6.61 Å². The Morgan fingerprint density at radius 1 is 1.91 bits per heavy atom. The topological polar surface area (TPSA) is 38.7 Å². The summed E-state index contributed by atoms with van der Waals surface area (Å²) in [5.74, 6) is 0. The predicted molar refractivity (Wildman–Crippen MR) is 34.2 cm³/mol. The van der Waals surface area contributed by atoms with Gasteiger partial charge in [-0.1, -0.05) is 6.92 Å². The largest absolute Gasteiger partial charge is 0.541 e. The first-order chi connectivity index (χ1) is 5.17. The summed E-state index contributed by atoms with van der Waals surface area (Å²) in [6.07, 6.45) is -1.43. The van der Waals surface area contributed by atoms with Crippen LogP contribution in [0.1, 0.15) is 14.7 Å². The Kier molecular flexibility index (Phi) is 2.60. The molecule has 62 valence electrons. The van der Waals surface area contributed by atoms with Crippen molar-refractivity contribution in [2.45, 2.75) is 31.1 Å². The van der Waals surface area contributed by atoms with Gasteiger partial charge in [-0.25, -0.2) is 0 Å². The number of hydrogen-bond donors (Lipinski definition) is 1. The van der Waals surface area contributed by atoms with Crippen molar-refractivity contribution in [3.63, 3.8) is 0 Å². The van der Waals surface area contributed by atoms with Gasteiger partial charge in [0.25, 0.3) is 0 Å². The van der Waals surface area contributed by atoms with Crippen LogP contribution in [0.5, 0.6) is 0 Å². The zero-order chi connectivity index (χ0) is 8.06. The quantitative estimate of drug-likeness (QED) is 0.654. The first kappa shape index (κ1) is 8.53. The van der Waals surface area contributed by atoms with Gasteiger partial charge in [-0.05, 0) is 12.5 Å². The summed E-state index contributed by atoms with van der Waals surface area (Å²) in [6.45, 7) is 3.52. The Morgan fingerprint density at radius 2 is 2.64 bits per heavy atom. The first-order valence-corrected chi connectivity index (χ1v) is 3.40. The summed E-state index contributed by atoms with van der Waals surface area (Å²) < 4.78 is 17.9. The molecule has 1 N–H and O–H groups in total. The van der Waals surface area contributed by atoms with Crippen molar-refractivity contribution >= 4 is 0 Å². The second-order valence-corrected chi connectivity index (χ2v) is 2.72. The Labute approximate surface area is 91.2 Å². The molecule has 0 spiro atoms. The van der Waals surface area contributed by atoms with Crippen LogP contribution in [0.4, 0.5) is 0 Å². The fourth-order valence-corrected chi connectivity index (χ4v) is 1.41. The maximum Gasteiger partial charge on any atom is 0.0848 e. The van der Waals surface area contributed by atoms with Gasteiger partial charge >= 0.3 is 0 Å². The van der Waals surface area contributed by atoms with E-state index in [2.05, 4.69) is 0 Å². The van der Waals surface area contributed by atoms with Crippen molar-refractivity contribution in [1.82, 2.24) is 0 Å². The second kappa shape index (κ2) is 3.35. The molecule has 2 aliphatic rings. The fourth-order valence-electron chi connectivity index (χ4n) is 1.41. The smallest absolute Gasteiger partial charge is 0.0848 e. The maximum absolute atomic E-state index is 9.55. The summed E-state index contributed by atoms with van der Waals surface area (Å²) in [5.41, 5.74) is -0.787. The number of hydrogen-bond acceptors (Lipinski definition) is 3. The fraction of sp³-hybridized carbons (Fsp3) is 0.857. The molecule has 3 nitrogen and oxygen atoms in total. The molecule has 0 aromatic heterocycles. The molecular formula is C7H11O3U-. The minimum atomic E-state index is -0.787. The first-order valence-electron chi connectivity index (χ1n) is 3.97. The van der Waals surface area contributed by atoms with Gasteiger partial charge in [-0.15, -0.1) is 0 Å². The van der Waals surface area contributed by atoms with Gasteiger partial charge in [-0.2, -0.15) is 6.61 Å². The third kappa shape index (κ3) is 1.30. The molecule has 0 saturated carbocycles. The van der Waals surface area contributed by atoms with E-state index < -0.39 is 18.1 Å². The number of aliphatic hydroxyl groups is 1. The Morgan fingerprint density at radius 3 is 2.82 bits per heavy atom. The summed E-state index contributed by atoms with van der Waals surface area (Å²) in [4.78, 5) is 0. The molecule has 0 aliphatic carbocycles. The number of ether oxygens (including phenoxy) is 2. The minimum Gasteiger partial charge on any atom is -0.541 e. The van der Waals surface area contributed by atoms with Crippen LogP contribution < -0.4 is 0 Å². The Balaban J connectivity index is 0.000000720. The van der Waals surface area contributed by atoms with E-state index in [4.69, 9.17) is 10.8 Å². The minimum absolute atomic E-state index is 0. The zero-order valence-corrected chi connectivity index (χ0v) is 10.4. The van der Waals surface area contributed by atoms with Crippen LogP contribution in [0.3, 0.4) is 0 Å². The average Bonchev–Trinajstić information content (AvgIpc) is 2.46. The van der Waals surface area contributed by atoms with Crippen molar-refractivity contribution in [2.75, 3.05) is 6.61 Å². The number of aliphatic hydroxyl groups excluding tert-OH is 1. The molecule has 0 amide bonds. The van der Waals surface area contributed by atoms with E-state index >= 15 is 0 Å². The summed E-state index contributed by atoms with van der Waals surface area (Å²) >= 11 is 0. The molecule has 0 aromatic rings. The summed E-state index contributed by atoms with van der Waals surface area (Å²) in [7, 11) is 0. The number of fused-ring (bicyclic) bond motifs is 2. The third-order valence-electron chi connectivity index (χ3n) is 2.22. The van der Waals surface area contributed by atoms with E-state index in [1.54, 1.807) is 6.92 Å². The van der Waals surface area contributed by atoms with Crippen LogP contribution in [0.2, 0.25) is 0 Å². The summed E-state index contributed by atoms with van der Waals surface area (Å²) in [6, 6.07) is 0. The van der Waals surface area contributed by atoms with Crippen LogP contribution in [0.15, 0.2) is 0 Å². The molecule has 2 aliphatic heterocycles. The van der Waals surface area contributed by atoms with E-state index in [9.17, 15) is 5.11 Å². The van der Waals surface area contributed by atoms with Crippen LogP contribution in [-0.4, -0.2) is 29.5 Å². The normalized spacial score (nSPS) is 51.6. The molecule has 0 radical (unpaired) electrons. The molecule has 2 bridgehead atoms. The van der Waals surface area contributed by atoms with Gasteiger partial charge < -0.3 is 14.6 Å². The standard InChI is InChI=1S/C7H11O3.U/c1-2-7-4-9-5(3-10-7)6(7)8;/h3,5-6,8H,2,4H2,1H3;/q-1;/t5-,6-,7-;/m0./s1/i2D;/t2?,5-,6-,7-;. The molecule has 2 heterocycles. The second-order valence-electron chi connectivity index (χ2n) is 2.72. The van der Waals surface area contributed by atoms with Gasteiger partial charge in [0.05, 0.1) is 18.3 Å². The van der Waals surface area contributed by atoms with Crippen LogP contribution in [0.25, 0.3) is 0 Å². The van der Waals surface area contributed by atoms with Crippen molar-refractivity contribution in [1.29, 1.82) is 0 Å². The molecule has 4 atom stereocenters. The summed E-state index contributed by atoms with van der Waals surface area (Å²) in [5, 5.41) is 9.55. The monoisotopic (exact) mass is 382 g/mol. The zero-order valence-electron chi connectivity index (χ0n) is 7.28. The van der Waals surface area contributed by atoms with Gasteiger partial charge in [-0.3, -0.25) is 0 Å². The van der Waals surface area contributed by atoms with E-state index in [0.717, 1.165) is 0 Å². The predicted octanol–water partition coefficient (Wildman–Crippen LogP) is 0.0869. The molecule has 4 heteroatoms. The Bertz CT molecular complexity index is 168. The molecular weight excluding hydrogens is 370 g/mol. The van der Waals surface area contributed by atoms with Crippen LogP contribution in [0, 0.1) is 37.7 Å². The molecule has 2 rings (SSSR count). The Hall–Kier alpha value is 0.932. The molecule has 0 aromatic carbocycles. The van der Waals surface area contributed by atoms with Crippen molar-refractivity contribution in [2.24, 2.45) is 0 Å². The number of rotatable bonds is 1. The van der Waals surface area contributed by atoms with Gasteiger partial charge in [0.2, 0.25) is 0 Å². The van der Waals surface area contributed by atoms with E-state index in [1.165, 1.54) is 6.61 Å². The van der Waals surface area contributed by atoms with Gasteiger partial charge in [0, 0.05) is 32.5 Å². The average molecular weight is 382 g/mol. The van der Waals surface area contributed by atoms with Crippen LogP contribution >= 0.6 is 0 Å². The molecule has 11 heavy (non-hydrogen) atoms. The van der Waals surface area contributed by atoms with Crippen LogP contribution in [-0.2, 0) is 9.47 Å². The van der Waals surface area contributed by atoms with Crippen molar-refractivity contribution < 1.29 is 47.1 Å². The molecule has 2 saturated heterocycles. The van der Waals surface area contributed by atoms with E-state index in [1.807, 2.05) is 0 Å². The van der Waals surface area contributed by atoms with Crippen molar-refractivity contribution in [3.8, 4) is 0 Å². The van der Waals surface area contributed by atoms with Gasteiger partial charge in [0.1, 0.15) is 0 Å². The molecule has 1 unspecified atom stereocenters. The molecule has 2 fully saturated rings. The maximum atomic E-state index is 9.55.